The fourth-order valence-electron chi connectivity index (χ4n) is 4.06. The van der Waals surface area contributed by atoms with Crippen LogP contribution in [0.25, 0.3) is 0 Å². The molecular formula is C21H44S. The summed E-state index contributed by atoms with van der Waals surface area (Å²) in [5.41, 5.74) is 0. The standard InChI is InChI=1S/C21H44S/c1-7-12-13-14-20(21(22,11-5)17-8-2)16-15-19(10-4)18(6)9-3/h18-20,22H,7-17H2,1-6H3. The van der Waals surface area contributed by atoms with Gasteiger partial charge in [-0.15, -0.1) is 0 Å². The summed E-state index contributed by atoms with van der Waals surface area (Å²) in [6, 6.07) is 0. The lowest BCUT2D eigenvalue weighted by Gasteiger charge is -2.38. The van der Waals surface area contributed by atoms with E-state index in [0.29, 0.717) is 0 Å². The molecule has 0 aromatic heterocycles. The highest BCUT2D eigenvalue weighted by Crippen LogP contribution is 2.41. The minimum Gasteiger partial charge on any atom is -0.172 e. The summed E-state index contributed by atoms with van der Waals surface area (Å²) < 4.78 is 0.274. The molecule has 0 aromatic rings. The van der Waals surface area contributed by atoms with E-state index in [1.807, 2.05) is 0 Å². The number of thiol groups is 1. The van der Waals surface area contributed by atoms with Crippen LogP contribution in [0.4, 0.5) is 0 Å². The Balaban J connectivity index is 4.76. The molecule has 0 saturated heterocycles. The van der Waals surface area contributed by atoms with Gasteiger partial charge in [0.2, 0.25) is 0 Å². The van der Waals surface area contributed by atoms with E-state index >= 15 is 0 Å². The number of hydrogen-bond donors (Lipinski definition) is 1. The predicted octanol–water partition coefficient (Wildman–Crippen LogP) is 7.91. The molecule has 1 heteroatoms. The molecule has 0 amide bonds. The van der Waals surface area contributed by atoms with Crippen LogP contribution in [-0.2, 0) is 0 Å². The highest BCUT2D eigenvalue weighted by molar-refractivity contribution is 7.81. The summed E-state index contributed by atoms with van der Waals surface area (Å²) in [5, 5.41) is 0. The van der Waals surface area contributed by atoms with Crippen molar-refractivity contribution < 1.29 is 0 Å². The van der Waals surface area contributed by atoms with E-state index in [1.54, 1.807) is 0 Å². The third kappa shape index (κ3) is 7.75. The Kier molecular flexibility index (Phi) is 12.9. The largest absolute Gasteiger partial charge is 0.172 e. The average molecular weight is 329 g/mol. The zero-order valence-corrected chi connectivity index (χ0v) is 17.4. The molecule has 22 heavy (non-hydrogen) atoms. The first-order valence-corrected chi connectivity index (χ1v) is 10.7. The van der Waals surface area contributed by atoms with Gasteiger partial charge in [-0.3, -0.25) is 0 Å². The van der Waals surface area contributed by atoms with Crippen molar-refractivity contribution >= 4 is 12.6 Å². The van der Waals surface area contributed by atoms with E-state index in [-0.39, 0.29) is 4.75 Å². The van der Waals surface area contributed by atoms with Gasteiger partial charge in [0.15, 0.2) is 0 Å². The average Bonchev–Trinajstić information content (AvgIpc) is 2.53. The van der Waals surface area contributed by atoms with E-state index in [2.05, 4.69) is 41.5 Å². The fourth-order valence-corrected chi connectivity index (χ4v) is 4.55. The van der Waals surface area contributed by atoms with Gasteiger partial charge >= 0.3 is 0 Å². The molecule has 0 aliphatic rings. The summed E-state index contributed by atoms with van der Waals surface area (Å²) in [6.07, 6.45) is 14.8. The first-order valence-electron chi connectivity index (χ1n) is 10.2. The lowest BCUT2D eigenvalue weighted by molar-refractivity contribution is 0.242. The molecule has 4 atom stereocenters. The molecule has 0 fully saturated rings. The van der Waals surface area contributed by atoms with Crippen LogP contribution in [0, 0.1) is 17.8 Å². The van der Waals surface area contributed by atoms with Crippen LogP contribution >= 0.6 is 12.6 Å². The highest BCUT2D eigenvalue weighted by Gasteiger charge is 2.32. The molecule has 0 aromatic carbocycles. The molecule has 0 radical (unpaired) electrons. The molecule has 0 saturated carbocycles. The van der Waals surface area contributed by atoms with Crippen LogP contribution in [-0.4, -0.2) is 4.75 Å². The van der Waals surface area contributed by atoms with Gasteiger partial charge in [0, 0.05) is 4.75 Å². The van der Waals surface area contributed by atoms with Crippen LogP contribution in [0.15, 0.2) is 0 Å². The lowest BCUT2D eigenvalue weighted by atomic mass is 9.76. The van der Waals surface area contributed by atoms with Crippen molar-refractivity contribution in [2.75, 3.05) is 0 Å². The Bertz CT molecular complexity index is 250. The molecule has 0 bridgehead atoms. The van der Waals surface area contributed by atoms with Gasteiger partial charge in [-0.1, -0.05) is 80.1 Å². The minimum absolute atomic E-state index is 0.274. The van der Waals surface area contributed by atoms with Crippen molar-refractivity contribution in [3.8, 4) is 0 Å². The van der Waals surface area contributed by atoms with E-state index in [4.69, 9.17) is 12.6 Å². The highest BCUT2D eigenvalue weighted by atomic mass is 32.1. The van der Waals surface area contributed by atoms with Gasteiger partial charge in [-0.25, -0.2) is 0 Å². The Morgan fingerprint density at radius 1 is 0.818 bits per heavy atom. The summed E-state index contributed by atoms with van der Waals surface area (Å²) >= 11 is 5.20. The second-order valence-electron chi connectivity index (χ2n) is 7.53. The molecule has 0 nitrogen and oxygen atoms in total. The van der Waals surface area contributed by atoms with E-state index < -0.39 is 0 Å². The molecule has 0 spiro atoms. The molecule has 0 heterocycles. The zero-order chi connectivity index (χ0) is 17.0. The monoisotopic (exact) mass is 328 g/mol. The van der Waals surface area contributed by atoms with E-state index in [0.717, 1.165) is 17.8 Å². The Morgan fingerprint density at radius 3 is 1.95 bits per heavy atom. The summed E-state index contributed by atoms with van der Waals surface area (Å²) in [5.74, 6) is 2.60. The van der Waals surface area contributed by atoms with Crippen LogP contribution in [0.1, 0.15) is 112 Å². The maximum atomic E-state index is 5.20. The van der Waals surface area contributed by atoms with Crippen LogP contribution in [0.3, 0.4) is 0 Å². The molecular weight excluding hydrogens is 284 g/mol. The quantitative estimate of drug-likeness (QED) is 0.243. The predicted molar refractivity (Wildman–Crippen MR) is 107 cm³/mol. The van der Waals surface area contributed by atoms with Crippen molar-refractivity contribution in [1.82, 2.24) is 0 Å². The molecule has 0 rings (SSSR count). The summed E-state index contributed by atoms with van der Waals surface area (Å²) in [6.45, 7) is 14.1. The molecule has 0 N–H and O–H groups in total. The van der Waals surface area contributed by atoms with Crippen molar-refractivity contribution in [2.24, 2.45) is 17.8 Å². The second-order valence-corrected chi connectivity index (χ2v) is 8.42. The van der Waals surface area contributed by atoms with Crippen molar-refractivity contribution in [3.63, 3.8) is 0 Å². The Labute approximate surface area is 147 Å². The normalized spacial score (nSPS) is 18.7. The molecule has 4 unspecified atom stereocenters. The Morgan fingerprint density at radius 2 is 1.50 bits per heavy atom. The Hall–Kier alpha value is 0.350. The lowest BCUT2D eigenvalue weighted by Crippen LogP contribution is -2.32. The van der Waals surface area contributed by atoms with Gasteiger partial charge < -0.3 is 0 Å². The van der Waals surface area contributed by atoms with Crippen LogP contribution < -0.4 is 0 Å². The first-order chi connectivity index (χ1) is 10.5. The van der Waals surface area contributed by atoms with Gasteiger partial charge in [-0.05, 0) is 49.9 Å². The summed E-state index contributed by atoms with van der Waals surface area (Å²) in [4.78, 5) is 0. The zero-order valence-electron chi connectivity index (χ0n) is 16.5. The van der Waals surface area contributed by atoms with Gasteiger partial charge in [0.25, 0.3) is 0 Å². The third-order valence-electron chi connectivity index (χ3n) is 6.07. The third-order valence-corrected chi connectivity index (χ3v) is 6.98. The molecule has 0 aliphatic carbocycles. The SMILES string of the molecule is CCCCCC(CCC(CC)C(C)CC)C(S)(CC)CCC. The maximum absolute atomic E-state index is 5.20. The second kappa shape index (κ2) is 12.7. The number of rotatable bonds is 14. The topological polar surface area (TPSA) is 0 Å². The molecule has 134 valence electrons. The van der Waals surface area contributed by atoms with Crippen molar-refractivity contribution in [3.05, 3.63) is 0 Å². The maximum Gasteiger partial charge on any atom is 0.0155 e. The first kappa shape index (κ1) is 22.4. The summed E-state index contributed by atoms with van der Waals surface area (Å²) in [7, 11) is 0. The van der Waals surface area contributed by atoms with Gasteiger partial charge in [0.05, 0.1) is 0 Å². The molecule has 0 aliphatic heterocycles. The van der Waals surface area contributed by atoms with Gasteiger partial charge in [-0.2, -0.15) is 12.6 Å². The number of hydrogen-bond acceptors (Lipinski definition) is 1. The van der Waals surface area contributed by atoms with E-state index in [9.17, 15) is 0 Å². The van der Waals surface area contributed by atoms with Gasteiger partial charge in [0.1, 0.15) is 0 Å². The van der Waals surface area contributed by atoms with Crippen LogP contribution in [0.2, 0.25) is 0 Å². The number of unbranched alkanes of at least 4 members (excludes halogenated alkanes) is 2. The van der Waals surface area contributed by atoms with Crippen molar-refractivity contribution in [1.29, 1.82) is 0 Å². The van der Waals surface area contributed by atoms with Crippen LogP contribution in [0.5, 0.6) is 0 Å². The smallest absolute Gasteiger partial charge is 0.0155 e. The fraction of sp³-hybridized carbons (Fsp3) is 1.00. The minimum atomic E-state index is 0.274. The van der Waals surface area contributed by atoms with E-state index in [1.165, 1.54) is 70.6 Å². The van der Waals surface area contributed by atoms with Crippen molar-refractivity contribution in [2.45, 2.75) is 117 Å².